The highest BCUT2D eigenvalue weighted by Crippen LogP contribution is 2.06. The average Bonchev–Trinajstić information content (AvgIpc) is 2.03. The van der Waals surface area contributed by atoms with Gasteiger partial charge in [-0.15, -0.1) is 0 Å². The molecule has 0 aromatic rings. The van der Waals surface area contributed by atoms with Crippen LogP contribution in [0.1, 0.15) is 12.8 Å². The summed E-state index contributed by atoms with van der Waals surface area (Å²) in [5.74, 6) is 0. The van der Waals surface area contributed by atoms with Gasteiger partial charge in [0.2, 0.25) is 0 Å². The number of hydrogen-bond donors (Lipinski definition) is 2. The molecule has 0 unspecified atom stereocenters. The summed E-state index contributed by atoms with van der Waals surface area (Å²) < 4.78 is 0. The van der Waals surface area contributed by atoms with Crippen molar-refractivity contribution in [2.24, 2.45) is 0 Å². The van der Waals surface area contributed by atoms with E-state index < -0.39 is 6.16 Å². The second kappa shape index (κ2) is 4.15. The third kappa shape index (κ3) is 3.20. The first-order chi connectivity index (χ1) is 5.29. The van der Waals surface area contributed by atoms with Crippen LogP contribution in [0.3, 0.4) is 0 Å². The standard InChI is InChI=1S/C6H11NO4/c8-6(9)11-10-5-1-3-7-4-2-5/h5,7H,1-4H2,(H,8,9). The lowest BCUT2D eigenvalue weighted by atomic mass is 10.1. The van der Waals surface area contributed by atoms with E-state index in [0.29, 0.717) is 0 Å². The van der Waals surface area contributed by atoms with E-state index in [1.807, 2.05) is 0 Å². The quantitative estimate of drug-likeness (QED) is 0.452. The van der Waals surface area contributed by atoms with Crippen molar-refractivity contribution >= 4 is 6.16 Å². The van der Waals surface area contributed by atoms with Gasteiger partial charge in [0.15, 0.2) is 0 Å². The zero-order chi connectivity index (χ0) is 8.10. The lowest BCUT2D eigenvalue weighted by Crippen LogP contribution is -2.32. The van der Waals surface area contributed by atoms with Gasteiger partial charge in [0.05, 0.1) is 0 Å². The van der Waals surface area contributed by atoms with Crippen LogP contribution in [0.2, 0.25) is 0 Å². The molecule has 0 saturated carbocycles. The highest BCUT2D eigenvalue weighted by Gasteiger charge is 2.15. The van der Waals surface area contributed by atoms with Crippen LogP contribution in [0.4, 0.5) is 4.79 Å². The van der Waals surface area contributed by atoms with Crippen LogP contribution < -0.4 is 5.32 Å². The minimum Gasteiger partial charge on any atom is -0.448 e. The van der Waals surface area contributed by atoms with Crippen molar-refractivity contribution in [1.82, 2.24) is 5.32 Å². The predicted octanol–water partition coefficient (Wildman–Crippen LogP) is 0.365. The second-order valence-corrected chi connectivity index (χ2v) is 2.39. The molecule has 0 atom stereocenters. The molecule has 0 aromatic heterocycles. The summed E-state index contributed by atoms with van der Waals surface area (Å²) in [6.07, 6.45) is 0.136. The molecular formula is C6H11NO4. The molecule has 0 radical (unpaired) electrons. The molecule has 0 amide bonds. The third-order valence-corrected chi connectivity index (χ3v) is 1.54. The Bertz CT molecular complexity index is 133. The molecule has 0 bridgehead atoms. The molecular weight excluding hydrogens is 150 g/mol. The maximum Gasteiger partial charge on any atom is 0.537 e. The van der Waals surface area contributed by atoms with E-state index in [9.17, 15) is 4.79 Å². The number of nitrogens with one attached hydrogen (secondary N) is 1. The molecule has 0 aromatic carbocycles. The molecule has 5 heteroatoms. The van der Waals surface area contributed by atoms with Gasteiger partial charge in [-0.25, -0.2) is 4.79 Å². The normalized spacial score (nSPS) is 19.6. The molecule has 0 spiro atoms. The minimum atomic E-state index is -1.39. The largest absolute Gasteiger partial charge is 0.537 e. The zero-order valence-electron chi connectivity index (χ0n) is 6.08. The van der Waals surface area contributed by atoms with Gasteiger partial charge < -0.3 is 10.4 Å². The van der Waals surface area contributed by atoms with Gasteiger partial charge in [-0.3, -0.25) is 4.89 Å². The Kier molecular flexibility index (Phi) is 3.13. The minimum absolute atomic E-state index is 0.0765. The first-order valence-corrected chi connectivity index (χ1v) is 3.56. The van der Waals surface area contributed by atoms with Crippen LogP contribution in [-0.4, -0.2) is 30.5 Å². The van der Waals surface area contributed by atoms with Crippen molar-refractivity contribution in [3.63, 3.8) is 0 Å². The molecule has 11 heavy (non-hydrogen) atoms. The summed E-state index contributed by atoms with van der Waals surface area (Å²) in [6.45, 7) is 1.71. The Morgan fingerprint density at radius 1 is 1.45 bits per heavy atom. The molecule has 1 aliphatic rings. The monoisotopic (exact) mass is 161 g/mol. The first-order valence-electron chi connectivity index (χ1n) is 3.56. The van der Waals surface area contributed by atoms with E-state index >= 15 is 0 Å². The summed E-state index contributed by atoms with van der Waals surface area (Å²) in [7, 11) is 0. The Hall–Kier alpha value is -0.810. The van der Waals surface area contributed by atoms with Crippen molar-refractivity contribution < 1.29 is 19.7 Å². The molecule has 1 rings (SSSR count). The van der Waals surface area contributed by atoms with E-state index in [2.05, 4.69) is 15.1 Å². The van der Waals surface area contributed by atoms with Crippen LogP contribution in [0.25, 0.3) is 0 Å². The van der Waals surface area contributed by atoms with Gasteiger partial charge in [-0.2, -0.15) is 4.89 Å². The van der Waals surface area contributed by atoms with Gasteiger partial charge in [-0.05, 0) is 25.9 Å². The fraction of sp³-hybridized carbons (Fsp3) is 0.833. The maximum atomic E-state index is 9.88. The highest BCUT2D eigenvalue weighted by atomic mass is 17.2. The van der Waals surface area contributed by atoms with Gasteiger partial charge in [0.1, 0.15) is 6.10 Å². The van der Waals surface area contributed by atoms with E-state index in [1.165, 1.54) is 0 Å². The number of piperidine rings is 1. The van der Waals surface area contributed by atoms with E-state index in [1.54, 1.807) is 0 Å². The molecule has 1 aliphatic heterocycles. The lowest BCUT2D eigenvalue weighted by Gasteiger charge is -2.19. The summed E-state index contributed by atoms with van der Waals surface area (Å²) in [5.41, 5.74) is 0. The van der Waals surface area contributed by atoms with E-state index in [-0.39, 0.29) is 6.10 Å². The van der Waals surface area contributed by atoms with Gasteiger partial charge >= 0.3 is 6.16 Å². The van der Waals surface area contributed by atoms with Crippen molar-refractivity contribution in [1.29, 1.82) is 0 Å². The summed E-state index contributed by atoms with van der Waals surface area (Å²) in [6, 6.07) is 0. The number of rotatable bonds is 2. The van der Waals surface area contributed by atoms with Crippen LogP contribution in [0, 0.1) is 0 Å². The molecule has 0 aliphatic carbocycles. The Morgan fingerprint density at radius 2 is 2.09 bits per heavy atom. The van der Waals surface area contributed by atoms with Crippen LogP contribution >= 0.6 is 0 Å². The Balaban J connectivity index is 2.09. The number of hydrogen-bond acceptors (Lipinski definition) is 4. The maximum absolute atomic E-state index is 9.88. The zero-order valence-corrected chi connectivity index (χ0v) is 6.08. The molecule has 1 fully saturated rings. The fourth-order valence-corrected chi connectivity index (χ4v) is 1.00. The topological polar surface area (TPSA) is 67.8 Å². The van der Waals surface area contributed by atoms with Gasteiger partial charge in [-0.1, -0.05) is 0 Å². The first kappa shape index (κ1) is 8.29. The predicted molar refractivity (Wildman–Crippen MR) is 36.1 cm³/mol. The Labute approximate surface area is 64.2 Å². The van der Waals surface area contributed by atoms with Crippen molar-refractivity contribution in [2.75, 3.05) is 13.1 Å². The summed E-state index contributed by atoms with van der Waals surface area (Å²) >= 11 is 0. The lowest BCUT2D eigenvalue weighted by molar-refractivity contribution is -0.287. The van der Waals surface area contributed by atoms with Gasteiger partial charge in [0, 0.05) is 0 Å². The molecule has 64 valence electrons. The summed E-state index contributed by atoms with van der Waals surface area (Å²) in [4.78, 5) is 18.5. The number of carbonyl (C=O) groups is 1. The van der Waals surface area contributed by atoms with E-state index in [4.69, 9.17) is 5.11 Å². The number of carboxylic acid groups (broad SMARTS) is 1. The SMILES string of the molecule is O=C(O)OOC1CCNCC1. The molecule has 5 nitrogen and oxygen atoms in total. The fourth-order valence-electron chi connectivity index (χ4n) is 1.00. The van der Waals surface area contributed by atoms with Crippen LogP contribution in [-0.2, 0) is 9.78 Å². The average molecular weight is 161 g/mol. The van der Waals surface area contributed by atoms with Gasteiger partial charge in [0.25, 0.3) is 0 Å². The van der Waals surface area contributed by atoms with Crippen molar-refractivity contribution in [3.05, 3.63) is 0 Å². The highest BCUT2D eigenvalue weighted by molar-refractivity contribution is 5.55. The van der Waals surface area contributed by atoms with E-state index in [0.717, 1.165) is 25.9 Å². The van der Waals surface area contributed by atoms with Crippen molar-refractivity contribution in [3.8, 4) is 0 Å². The second-order valence-electron chi connectivity index (χ2n) is 2.39. The summed E-state index contributed by atoms with van der Waals surface area (Å²) in [5, 5.41) is 11.2. The third-order valence-electron chi connectivity index (χ3n) is 1.54. The molecule has 1 saturated heterocycles. The smallest absolute Gasteiger partial charge is 0.448 e. The molecule has 2 N–H and O–H groups in total. The Morgan fingerprint density at radius 3 is 2.64 bits per heavy atom. The van der Waals surface area contributed by atoms with Crippen LogP contribution in [0.5, 0.6) is 0 Å². The van der Waals surface area contributed by atoms with Crippen molar-refractivity contribution in [2.45, 2.75) is 18.9 Å². The van der Waals surface area contributed by atoms with Crippen LogP contribution in [0.15, 0.2) is 0 Å². The molecule has 1 heterocycles.